The molecule has 0 atom stereocenters. The fourth-order valence-electron chi connectivity index (χ4n) is 2.21. The van der Waals surface area contributed by atoms with Gasteiger partial charge in [0.2, 0.25) is 5.91 Å². The van der Waals surface area contributed by atoms with Gasteiger partial charge in [-0.05, 0) is 48.4 Å². The quantitative estimate of drug-likeness (QED) is 0.844. The molecule has 0 fully saturated rings. The molecule has 6 heteroatoms. The van der Waals surface area contributed by atoms with Crippen molar-refractivity contribution in [1.29, 1.82) is 0 Å². The summed E-state index contributed by atoms with van der Waals surface area (Å²) in [7, 11) is -2.44. The van der Waals surface area contributed by atoms with Crippen molar-refractivity contribution in [3.05, 3.63) is 54.1 Å². The lowest BCUT2D eigenvalue weighted by Crippen LogP contribution is -2.35. The van der Waals surface area contributed by atoms with Crippen LogP contribution in [0.4, 0.5) is 5.69 Å². The van der Waals surface area contributed by atoms with Crippen LogP contribution in [0.15, 0.2) is 53.4 Å². The summed E-state index contributed by atoms with van der Waals surface area (Å²) in [6.45, 7) is 3.21. The van der Waals surface area contributed by atoms with E-state index in [9.17, 15) is 13.2 Å². The van der Waals surface area contributed by atoms with E-state index in [4.69, 9.17) is 4.74 Å². The van der Waals surface area contributed by atoms with Gasteiger partial charge in [-0.15, -0.1) is 0 Å². The van der Waals surface area contributed by atoms with Gasteiger partial charge in [0.05, 0.1) is 17.7 Å². The van der Waals surface area contributed by atoms with Crippen LogP contribution in [0.2, 0.25) is 0 Å². The predicted molar refractivity (Wildman–Crippen MR) is 89.2 cm³/mol. The molecule has 5 nitrogen and oxygen atoms in total. The van der Waals surface area contributed by atoms with Crippen LogP contribution in [-0.4, -0.2) is 21.4 Å². The predicted octanol–water partition coefficient (Wildman–Crippen LogP) is 3.00. The first-order chi connectivity index (χ1) is 10.9. The molecule has 0 saturated heterocycles. The summed E-state index contributed by atoms with van der Waals surface area (Å²) < 4.78 is 31.5. The maximum absolute atomic E-state index is 12.8. The van der Waals surface area contributed by atoms with E-state index in [1.807, 2.05) is 6.92 Å². The van der Waals surface area contributed by atoms with Crippen LogP contribution in [0.5, 0.6) is 5.75 Å². The topological polar surface area (TPSA) is 63.7 Å². The second-order valence-electron chi connectivity index (χ2n) is 4.98. The van der Waals surface area contributed by atoms with E-state index < -0.39 is 15.9 Å². The van der Waals surface area contributed by atoms with Crippen molar-refractivity contribution in [3.8, 4) is 5.75 Å². The van der Waals surface area contributed by atoms with Crippen molar-refractivity contribution in [1.82, 2.24) is 0 Å². The Kier molecular flexibility index (Phi) is 5.05. The minimum Gasteiger partial charge on any atom is -0.497 e. The molecule has 23 heavy (non-hydrogen) atoms. The number of hydrogen-bond donors (Lipinski definition) is 0. The summed E-state index contributed by atoms with van der Waals surface area (Å²) >= 11 is 0. The first-order valence-corrected chi connectivity index (χ1v) is 8.63. The minimum absolute atomic E-state index is 0.0840. The van der Waals surface area contributed by atoms with Gasteiger partial charge in [0.15, 0.2) is 0 Å². The number of sulfonamides is 1. The Balaban J connectivity index is 2.47. The lowest BCUT2D eigenvalue weighted by Gasteiger charge is -2.21. The SMILES string of the molecule is CCc1ccc(S(=O)(=O)N(C(C)=O)c2ccc(OC)cc2)cc1. The molecule has 2 rings (SSSR count). The molecule has 0 aliphatic heterocycles. The van der Waals surface area contributed by atoms with E-state index in [1.165, 1.54) is 38.3 Å². The molecule has 0 saturated carbocycles. The van der Waals surface area contributed by atoms with Crippen LogP contribution in [-0.2, 0) is 21.2 Å². The second kappa shape index (κ2) is 6.83. The number of aryl methyl sites for hydroxylation is 1. The lowest BCUT2D eigenvalue weighted by molar-refractivity contribution is -0.115. The lowest BCUT2D eigenvalue weighted by atomic mass is 10.2. The van der Waals surface area contributed by atoms with Crippen LogP contribution in [0, 0.1) is 0 Å². The highest BCUT2D eigenvalue weighted by molar-refractivity contribution is 7.93. The molecule has 0 aromatic heterocycles. The van der Waals surface area contributed by atoms with Crippen LogP contribution in [0.25, 0.3) is 0 Å². The number of carbonyl (C=O) groups excluding carboxylic acids is 1. The number of rotatable bonds is 5. The number of benzene rings is 2. The highest BCUT2D eigenvalue weighted by Crippen LogP contribution is 2.26. The van der Waals surface area contributed by atoms with Gasteiger partial charge in [-0.3, -0.25) is 4.79 Å². The molecule has 2 aromatic carbocycles. The van der Waals surface area contributed by atoms with Crippen LogP contribution < -0.4 is 9.04 Å². The molecule has 122 valence electrons. The van der Waals surface area contributed by atoms with Gasteiger partial charge in [0, 0.05) is 6.92 Å². The minimum atomic E-state index is -3.95. The third-order valence-corrected chi connectivity index (χ3v) is 5.28. The van der Waals surface area contributed by atoms with Gasteiger partial charge >= 0.3 is 0 Å². The molecular weight excluding hydrogens is 314 g/mol. The molecule has 0 heterocycles. The Morgan fingerprint density at radius 3 is 2.04 bits per heavy atom. The largest absolute Gasteiger partial charge is 0.497 e. The molecule has 1 amide bonds. The Labute approximate surface area is 136 Å². The summed E-state index contributed by atoms with van der Waals surface area (Å²) in [6.07, 6.45) is 0.815. The smallest absolute Gasteiger partial charge is 0.270 e. The first kappa shape index (κ1) is 17.0. The number of amides is 1. The van der Waals surface area contributed by atoms with E-state index in [0.29, 0.717) is 5.75 Å². The second-order valence-corrected chi connectivity index (χ2v) is 6.77. The summed E-state index contributed by atoms with van der Waals surface area (Å²) in [5.41, 5.74) is 1.31. The number of hydrogen-bond acceptors (Lipinski definition) is 4. The van der Waals surface area contributed by atoms with Gasteiger partial charge in [0.25, 0.3) is 10.0 Å². The fourth-order valence-corrected chi connectivity index (χ4v) is 3.64. The fraction of sp³-hybridized carbons (Fsp3) is 0.235. The Morgan fingerprint density at radius 1 is 1.04 bits per heavy atom. The number of methoxy groups -OCH3 is 1. The molecule has 0 bridgehead atoms. The molecule has 0 spiro atoms. The molecule has 2 aromatic rings. The maximum atomic E-state index is 12.8. The molecule has 0 N–H and O–H groups in total. The van der Waals surface area contributed by atoms with Crippen LogP contribution >= 0.6 is 0 Å². The van der Waals surface area contributed by atoms with Crippen molar-refractivity contribution in [2.24, 2.45) is 0 Å². The average Bonchev–Trinajstić information content (AvgIpc) is 2.55. The molecular formula is C17H19NO4S. The highest BCUT2D eigenvalue weighted by Gasteiger charge is 2.28. The summed E-state index contributed by atoms with van der Waals surface area (Å²) in [6, 6.07) is 12.8. The Hall–Kier alpha value is -2.34. The van der Waals surface area contributed by atoms with Gasteiger partial charge in [0.1, 0.15) is 5.75 Å². The zero-order valence-electron chi connectivity index (χ0n) is 13.3. The number of ether oxygens (including phenoxy) is 1. The van der Waals surface area contributed by atoms with E-state index in [1.54, 1.807) is 24.3 Å². The van der Waals surface area contributed by atoms with Crippen molar-refractivity contribution in [2.45, 2.75) is 25.2 Å². The third-order valence-electron chi connectivity index (χ3n) is 3.46. The van der Waals surface area contributed by atoms with Crippen molar-refractivity contribution in [2.75, 3.05) is 11.4 Å². The summed E-state index contributed by atoms with van der Waals surface area (Å²) in [4.78, 5) is 12.0. The zero-order valence-corrected chi connectivity index (χ0v) is 14.1. The Bertz CT molecular complexity index is 780. The van der Waals surface area contributed by atoms with Crippen molar-refractivity contribution < 1.29 is 17.9 Å². The molecule has 0 aliphatic rings. The van der Waals surface area contributed by atoms with E-state index in [2.05, 4.69) is 0 Å². The number of anilines is 1. The van der Waals surface area contributed by atoms with E-state index in [-0.39, 0.29) is 10.6 Å². The maximum Gasteiger partial charge on any atom is 0.270 e. The van der Waals surface area contributed by atoms with Crippen molar-refractivity contribution >= 4 is 21.6 Å². The van der Waals surface area contributed by atoms with E-state index >= 15 is 0 Å². The van der Waals surface area contributed by atoms with Crippen LogP contribution in [0.3, 0.4) is 0 Å². The molecule has 0 unspecified atom stereocenters. The van der Waals surface area contributed by atoms with Gasteiger partial charge in [-0.2, -0.15) is 0 Å². The monoisotopic (exact) mass is 333 g/mol. The third kappa shape index (κ3) is 3.53. The standard InChI is InChI=1S/C17H19NO4S/c1-4-14-5-11-17(12-6-14)23(20,21)18(13(2)19)15-7-9-16(22-3)10-8-15/h5-12H,4H2,1-3H3. The summed E-state index contributed by atoms with van der Waals surface area (Å²) in [5, 5.41) is 0. The molecule has 0 aliphatic carbocycles. The number of nitrogens with zero attached hydrogens (tertiary/aromatic N) is 1. The van der Waals surface area contributed by atoms with Gasteiger partial charge in [-0.25, -0.2) is 12.7 Å². The normalized spacial score (nSPS) is 11.1. The van der Waals surface area contributed by atoms with Gasteiger partial charge < -0.3 is 4.74 Å². The Morgan fingerprint density at radius 2 is 1.61 bits per heavy atom. The van der Waals surface area contributed by atoms with Gasteiger partial charge in [-0.1, -0.05) is 19.1 Å². The highest BCUT2D eigenvalue weighted by atomic mass is 32.2. The number of carbonyl (C=O) groups is 1. The summed E-state index contributed by atoms with van der Waals surface area (Å²) in [5.74, 6) is 0.0108. The molecule has 0 radical (unpaired) electrons. The van der Waals surface area contributed by atoms with E-state index in [0.717, 1.165) is 16.3 Å². The average molecular weight is 333 g/mol. The first-order valence-electron chi connectivity index (χ1n) is 7.19. The van der Waals surface area contributed by atoms with Crippen LogP contribution in [0.1, 0.15) is 19.4 Å². The van der Waals surface area contributed by atoms with Crippen molar-refractivity contribution in [3.63, 3.8) is 0 Å². The zero-order chi connectivity index (χ0) is 17.0.